The second-order valence-corrected chi connectivity index (χ2v) is 6.05. The maximum Gasteiger partial charge on any atom is -0.00147 e. The smallest absolute Gasteiger partial charge is 0.00147 e. The van der Waals surface area contributed by atoms with E-state index >= 15 is 0 Å². The van der Waals surface area contributed by atoms with Crippen molar-refractivity contribution < 1.29 is 0 Å². The van der Waals surface area contributed by atoms with Crippen LogP contribution in [0.15, 0.2) is 24.3 Å². The molecule has 1 fully saturated rings. The fourth-order valence-electron chi connectivity index (χ4n) is 2.82. The minimum atomic E-state index is 0.343. The van der Waals surface area contributed by atoms with Crippen molar-refractivity contribution in [2.24, 2.45) is 5.92 Å². The van der Waals surface area contributed by atoms with Crippen molar-refractivity contribution in [3.05, 3.63) is 35.4 Å². The number of rotatable bonds is 2. The zero-order chi connectivity index (χ0) is 12.5. The van der Waals surface area contributed by atoms with Gasteiger partial charge in [-0.05, 0) is 47.9 Å². The summed E-state index contributed by atoms with van der Waals surface area (Å²) in [5.41, 5.74) is 3.34. The monoisotopic (exact) mass is 231 g/mol. The molecule has 2 rings (SSSR count). The molecule has 1 aliphatic heterocycles. The predicted octanol–water partition coefficient (Wildman–Crippen LogP) is 3.70. The van der Waals surface area contributed by atoms with Gasteiger partial charge in [0.25, 0.3) is 0 Å². The summed E-state index contributed by atoms with van der Waals surface area (Å²) >= 11 is 0. The summed E-state index contributed by atoms with van der Waals surface area (Å²) in [7, 11) is 0. The Morgan fingerprint density at radius 2 is 2.12 bits per heavy atom. The largest absolute Gasteiger partial charge is 0.316 e. The number of piperidine rings is 1. The maximum absolute atomic E-state index is 3.50. The molecule has 94 valence electrons. The van der Waals surface area contributed by atoms with E-state index in [-0.39, 0.29) is 0 Å². The fourth-order valence-corrected chi connectivity index (χ4v) is 2.82. The van der Waals surface area contributed by atoms with Crippen molar-refractivity contribution in [3.63, 3.8) is 0 Å². The third-order valence-corrected chi connectivity index (χ3v) is 4.57. The molecule has 1 aliphatic rings. The van der Waals surface area contributed by atoms with Gasteiger partial charge in [-0.25, -0.2) is 0 Å². The van der Waals surface area contributed by atoms with E-state index in [0.717, 1.165) is 13.1 Å². The highest BCUT2D eigenvalue weighted by molar-refractivity contribution is 5.32. The Morgan fingerprint density at radius 1 is 1.35 bits per heavy atom. The summed E-state index contributed by atoms with van der Waals surface area (Å²) in [6.07, 6.45) is 1.25. The lowest BCUT2D eigenvalue weighted by molar-refractivity contribution is 0.237. The Labute approximate surface area is 106 Å². The van der Waals surface area contributed by atoms with Gasteiger partial charge in [0.15, 0.2) is 0 Å². The van der Waals surface area contributed by atoms with Crippen LogP contribution in [0.4, 0.5) is 0 Å². The van der Waals surface area contributed by atoms with Crippen LogP contribution in [-0.2, 0) is 5.41 Å². The molecule has 1 N–H and O–H groups in total. The van der Waals surface area contributed by atoms with Crippen LogP contribution in [0.3, 0.4) is 0 Å². The third-order valence-electron chi connectivity index (χ3n) is 4.57. The first-order valence-electron chi connectivity index (χ1n) is 6.85. The summed E-state index contributed by atoms with van der Waals surface area (Å²) in [5, 5.41) is 3.50. The average molecular weight is 231 g/mol. The van der Waals surface area contributed by atoms with Crippen LogP contribution in [0.25, 0.3) is 0 Å². The standard InChI is InChI=1S/C16H25N/c1-12(2)14-6-5-7-15(10-14)16(4)8-9-17-11-13(16)3/h5-7,10,12-13,17H,8-9,11H2,1-4H3/t13-,16+/m0/s1. The minimum absolute atomic E-state index is 0.343. The Hall–Kier alpha value is -0.820. The van der Waals surface area contributed by atoms with Crippen LogP contribution in [0.1, 0.15) is 51.2 Å². The van der Waals surface area contributed by atoms with Gasteiger partial charge in [-0.1, -0.05) is 52.0 Å². The van der Waals surface area contributed by atoms with Gasteiger partial charge in [0.05, 0.1) is 0 Å². The predicted molar refractivity (Wildman–Crippen MR) is 74.5 cm³/mol. The molecule has 1 heterocycles. The van der Waals surface area contributed by atoms with Crippen LogP contribution >= 0.6 is 0 Å². The highest BCUT2D eigenvalue weighted by Crippen LogP contribution is 2.37. The third kappa shape index (κ3) is 2.40. The summed E-state index contributed by atoms with van der Waals surface area (Å²) in [6, 6.07) is 9.22. The molecule has 0 unspecified atom stereocenters. The Morgan fingerprint density at radius 3 is 2.76 bits per heavy atom. The Balaban J connectivity index is 2.34. The summed E-state index contributed by atoms with van der Waals surface area (Å²) in [6.45, 7) is 11.6. The van der Waals surface area contributed by atoms with Crippen molar-refractivity contribution in [1.82, 2.24) is 5.32 Å². The molecule has 1 nitrogen and oxygen atoms in total. The number of nitrogens with one attached hydrogen (secondary N) is 1. The Kier molecular flexibility index (Phi) is 3.58. The van der Waals surface area contributed by atoms with E-state index in [0.29, 0.717) is 17.3 Å². The molecule has 0 aromatic heterocycles. The average Bonchev–Trinajstić information content (AvgIpc) is 2.33. The van der Waals surface area contributed by atoms with Crippen LogP contribution in [0.2, 0.25) is 0 Å². The van der Waals surface area contributed by atoms with Crippen molar-refractivity contribution >= 4 is 0 Å². The molecule has 1 aromatic carbocycles. The lowest BCUT2D eigenvalue weighted by atomic mass is 9.68. The number of benzene rings is 1. The Bertz CT molecular complexity index is 383. The first-order valence-corrected chi connectivity index (χ1v) is 6.85. The van der Waals surface area contributed by atoms with Crippen LogP contribution in [0.5, 0.6) is 0 Å². The molecule has 0 saturated carbocycles. The van der Waals surface area contributed by atoms with E-state index < -0.39 is 0 Å². The van der Waals surface area contributed by atoms with Gasteiger partial charge in [0.1, 0.15) is 0 Å². The summed E-state index contributed by atoms with van der Waals surface area (Å²) < 4.78 is 0. The number of hydrogen-bond acceptors (Lipinski definition) is 1. The quantitative estimate of drug-likeness (QED) is 0.818. The molecular formula is C16H25N. The first-order chi connectivity index (χ1) is 8.04. The van der Waals surface area contributed by atoms with Gasteiger partial charge in [0.2, 0.25) is 0 Å². The first kappa shape index (κ1) is 12.6. The summed E-state index contributed by atoms with van der Waals surface area (Å²) in [4.78, 5) is 0. The minimum Gasteiger partial charge on any atom is -0.316 e. The van der Waals surface area contributed by atoms with Gasteiger partial charge in [-0.15, -0.1) is 0 Å². The number of hydrogen-bond donors (Lipinski definition) is 1. The normalized spacial score (nSPS) is 29.6. The second-order valence-electron chi connectivity index (χ2n) is 6.05. The molecule has 1 saturated heterocycles. The molecule has 0 bridgehead atoms. The van der Waals surface area contributed by atoms with Crippen LogP contribution in [-0.4, -0.2) is 13.1 Å². The lowest BCUT2D eigenvalue weighted by Gasteiger charge is -2.41. The van der Waals surface area contributed by atoms with Crippen molar-refractivity contribution in [1.29, 1.82) is 0 Å². The maximum atomic E-state index is 3.50. The van der Waals surface area contributed by atoms with Crippen molar-refractivity contribution in [3.8, 4) is 0 Å². The zero-order valence-electron chi connectivity index (χ0n) is 11.6. The van der Waals surface area contributed by atoms with E-state index in [4.69, 9.17) is 0 Å². The molecule has 2 atom stereocenters. The van der Waals surface area contributed by atoms with E-state index in [2.05, 4.69) is 57.3 Å². The van der Waals surface area contributed by atoms with Crippen LogP contribution in [0, 0.1) is 5.92 Å². The highest BCUT2D eigenvalue weighted by Gasteiger charge is 2.35. The van der Waals surface area contributed by atoms with Gasteiger partial charge < -0.3 is 5.32 Å². The molecule has 1 heteroatoms. The SMILES string of the molecule is CC(C)c1cccc([C@]2(C)CCNC[C@@H]2C)c1. The van der Waals surface area contributed by atoms with E-state index in [1.807, 2.05) is 0 Å². The molecule has 0 spiro atoms. The molecular weight excluding hydrogens is 206 g/mol. The zero-order valence-corrected chi connectivity index (χ0v) is 11.6. The second kappa shape index (κ2) is 4.81. The molecule has 0 aliphatic carbocycles. The van der Waals surface area contributed by atoms with E-state index in [9.17, 15) is 0 Å². The highest BCUT2D eigenvalue weighted by atomic mass is 14.9. The van der Waals surface area contributed by atoms with E-state index in [1.165, 1.54) is 17.5 Å². The van der Waals surface area contributed by atoms with Gasteiger partial charge in [-0.3, -0.25) is 0 Å². The van der Waals surface area contributed by atoms with Gasteiger partial charge in [-0.2, -0.15) is 0 Å². The van der Waals surface area contributed by atoms with Gasteiger partial charge in [0, 0.05) is 0 Å². The molecule has 17 heavy (non-hydrogen) atoms. The summed E-state index contributed by atoms with van der Waals surface area (Å²) in [5.74, 6) is 1.33. The topological polar surface area (TPSA) is 12.0 Å². The van der Waals surface area contributed by atoms with Crippen LogP contribution < -0.4 is 5.32 Å². The van der Waals surface area contributed by atoms with E-state index in [1.54, 1.807) is 0 Å². The van der Waals surface area contributed by atoms with Gasteiger partial charge >= 0.3 is 0 Å². The lowest BCUT2D eigenvalue weighted by Crippen LogP contribution is -2.44. The van der Waals surface area contributed by atoms with Crippen molar-refractivity contribution in [2.45, 2.75) is 45.4 Å². The van der Waals surface area contributed by atoms with Crippen molar-refractivity contribution in [2.75, 3.05) is 13.1 Å². The molecule has 0 amide bonds. The molecule has 1 aromatic rings. The fraction of sp³-hybridized carbons (Fsp3) is 0.625. The molecule has 0 radical (unpaired) electrons.